The van der Waals surface area contributed by atoms with Gasteiger partial charge < -0.3 is 15.2 Å². The Morgan fingerprint density at radius 3 is 2.60 bits per heavy atom. The molecule has 1 fully saturated rings. The molecule has 0 aromatic heterocycles. The van der Waals surface area contributed by atoms with Gasteiger partial charge in [-0.25, -0.2) is 0 Å². The van der Waals surface area contributed by atoms with Crippen LogP contribution in [0.1, 0.15) is 12.8 Å². The minimum Gasteiger partial charge on any atom is -0.462 e. The molecule has 3 N–H and O–H groups in total. The zero-order valence-corrected chi connectivity index (χ0v) is 5.80. The molecule has 0 saturated carbocycles. The molecule has 58 valence electrons. The van der Waals surface area contributed by atoms with E-state index in [2.05, 4.69) is 0 Å². The molecule has 0 aromatic carbocycles. The lowest BCUT2D eigenvalue weighted by Crippen LogP contribution is -2.28. The van der Waals surface area contributed by atoms with Crippen LogP contribution >= 0.6 is 0 Å². The van der Waals surface area contributed by atoms with E-state index in [-0.39, 0.29) is 12.1 Å². The second-order valence-corrected chi connectivity index (χ2v) is 2.29. The molecular formula is C6H12N2O2. The summed E-state index contributed by atoms with van der Waals surface area (Å²) in [6, 6.07) is -0.188. The third-order valence-electron chi connectivity index (χ3n) is 1.46. The molecule has 1 saturated heterocycles. The zero-order chi connectivity index (χ0) is 7.40. The number of ether oxygens (including phenoxy) is 2. The fourth-order valence-electron chi connectivity index (χ4n) is 0.973. The molecule has 0 aromatic rings. The largest absolute Gasteiger partial charge is 0.462 e. The van der Waals surface area contributed by atoms with Crippen LogP contribution in [0.25, 0.3) is 0 Å². The van der Waals surface area contributed by atoms with Crippen molar-refractivity contribution in [3.05, 3.63) is 0 Å². The minimum absolute atomic E-state index is 0.103. The van der Waals surface area contributed by atoms with Crippen LogP contribution in [-0.4, -0.2) is 25.3 Å². The van der Waals surface area contributed by atoms with E-state index in [1.807, 2.05) is 0 Å². The molecule has 0 aliphatic carbocycles. The van der Waals surface area contributed by atoms with Gasteiger partial charge in [0.15, 0.2) is 0 Å². The number of amidine groups is 1. The second-order valence-electron chi connectivity index (χ2n) is 2.29. The normalized spacial score (nSPS) is 20.4. The molecule has 0 amide bonds. The first-order chi connectivity index (χ1) is 4.79. The lowest BCUT2D eigenvalue weighted by Gasteiger charge is -2.21. The Morgan fingerprint density at radius 1 is 1.50 bits per heavy atom. The molecule has 4 heteroatoms. The summed E-state index contributed by atoms with van der Waals surface area (Å²) in [7, 11) is 0. The average Bonchev–Trinajstić information content (AvgIpc) is 1.88. The lowest BCUT2D eigenvalue weighted by molar-refractivity contribution is 0.0191. The van der Waals surface area contributed by atoms with Crippen molar-refractivity contribution in [2.24, 2.45) is 5.73 Å². The van der Waals surface area contributed by atoms with Crippen LogP contribution in [0, 0.1) is 5.41 Å². The Morgan fingerprint density at radius 2 is 2.10 bits per heavy atom. The molecule has 0 unspecified atom stereocenters. The molecular weight excluding hydrogens is 132 g/mol. The maximum atomic E-state index is 6.85. The van der Waals surface area contributed by atoms with Crippen molar-refractivity contribution >= 4 is 6.02 Å². The van der Waals surface area contributed by atoms with Gasteiger partial charge in [0, 0.05) is 12.8 Å². The number of hydrogen-bond donors (Lipinski definition) is 2. The quantitative estimate of drug-likeness (QED) is 0.404. The first-order valence-corrected chi connectivity index (χ1v) is 3.37. The molecule has 0 radical (unpaired) electrons. The summed E-state index contributed by atoms with van der Waals surface area (Å²) in [5.74, 6) is 0. The van der Waals surface area contributed by atoms with Gasteiger partial charge in [-0.1, -0.05) is 0 Å². The highest BCUT2D eigenvalue weighted by atomic mass is 16.5. The fourth-order valence-corrected chi connectivity index (χ4v) is 0.973. The molecule has 1 heterocycles. The predicted octanol–water partition coefficient (Wildman–Crippen LogP) is 0.0755. The number of hydrogen-bond acceptors (Lipinski definition) is 3. The third kappa shape index (κ3) is 2.23. The van der Waals surface area contributed by atoms with Gasteiger partial charge in [-0.05, 0) is 0 Å². The Labute approximate surface area is 59.8 Å². The predicted molar refractivity (Wildman–Crippen MR) is 36.8 cm³/mol. The Balaban J connectivity index is 2.19. The van der Waals surface area contributed by atoms with Gasteiger partial charge in [0.05, 0.1) is 13.2 Å². The summed E-state index contributed by atoms with van der Waals surface area (Å²) in [5, 5.41) is 6.85. The van der Waals surface area contributed by atoms with Crippen molar-refractivity contribution < 1.29 is 9.47 Å². The Kier molecular flexibility index (Phi) is 2.50. The second kappa shape index (κ2) is 3.41. The first kappa shape index (κ1) is 7.34. The van der Waals surface area contributed by atoms with Gasteiger partial charge in [-0.2, -0.15) is 0 Å². The van der Waals surface area contributed by atoms with Crippen LogP contribution in [0.4, 0.5) is 0 Å². The highest BCUT2D eigenvalue weighted by Crippen LogP contribution is 2.09. The summed E-state index contributed by atoms with van der Waals surface area (Å²) in [5.41, 5.74) is 5.04. The standard InChI is InChI=1S/C6H12N2O2/c7-6(8)10-5-1-3-9-4-2-5/h5H,1-4H2,(H3,7,8). The van der Waals surface area contributed by atoms with Crippen molar-refractivity contribution in [1.29, 1.82) is 5.41 Å². The van der Waals surface area contributed by atoms with Gasteiger partial charge in [0.1, 0.15) is 6.10 Å². The smallest absolute Gasteiger partial charge is 0.279 e. The summed E-state index contributed by atoms with van der Waals surface area (Å²) in [6.07, 6.45) is 1.80. The minimum atomic E-state index is -0.188. The summed E-state index contributed by atoms with van der Waals surface area (Å²) in [4.78, 5) is 0. The van der Waals surface area contributed by atoms with Crippen LogP contribution in [0.5, 0.6) is 0 Å². The first-order valence-electron chi connectivity index (χ1n) is 3.37. The average molecular weight is 144 g/mol. The lowest BCUT2D eigenvalue weighted by atomic mass is 10.2. The van der Waals surface area contributed by atoms with E-state index in [9.17, 15) is 0 Å². The summed E-state index contributed by atoms with van der Waals surface area (Å²) in [6.45, 7) is 1.44. The van der Waals surface area contributed by atoms with E-state index in [4.69, 9.17) is 20.6 Å². The van der Waals surface area contributed by atoms with Crippen molar-refractivity contribution in [2.45, 2.75) is 18.9 Å². The molecule has 0 spiro atoms. The van der Waals surface area contributed by atoms with E-state index < -0.39 is 0 Å². The topological polar surface area (TPSA) is 68.3 Å². The van der Waals surface area contributed by atoms with Crippen LogP contribution in [-0.2, 0) is 9.47 Å². The molecule has 1 aliphatic rings. The maximum Gasteiger partial charge on any atom is 0.279 e. The molecule has 1 rings (SSSR count). The maximum absolute atomic E-state index is 6.85. The van der Waals surface area contributed by atoms with Crippen LogP contribution in [0.2, 0.25) is 0 Å². The van der Waals surface area contributed by atoms with Crippen molar-refractivity contribution in [3.8, 4) is 0 Å². The highest BCUT2D eigenvalue weighted by molar-refractivity contribution is 5.67. The van der Waals surface area contributed by atoms with Crippen LogP contribution < -0.4 is 5.73 Å². The Hall–Kier alpha value is -0.770. The van der Waals surface area contributed by atoms with Gasteiger partial charge in [0.25, 0.3) is 6.02 Å². The monoisotopic (exact) mass is 144 g/mol. The Bertz CT molecular complexity index is 121. The summed E-state index contributed by atoms with van der Waals surface area (Å²) >= 11 is 0. The fraction of sp³-hybridized carbons (Fsp3) is 0.833. The van der Waals surface area contributed by atoms with Crippen LogP contribution in [0.15, 0.2) is 0 Å². The van der Waals surface area contributed by atoms with E-state index in [1.165, 1.54) is 0 Å². The van der Waals surface area contributed by atoms with Crippen molar-refractivity contribution in [1.82, 2.24) is 0 Å². The van der Waals surface area contributed by atoms with E-state index in [0.717, 1.165) is 26.1 Å². The SMILES string of the molecule is N=C(N)OC1CCOCC1. The molecule has 4 nitrogen and oxygen atoms in total. The molecule has 0 atom stereocenters. The number of nitrogens with two attached hydrogens (primary N) is 1. The van der Waals surface area contributed by atoms with Crippen molar-refractivity contribution in [2.75, 3.05) is 13.2 Å². The summed E-state index contributed by atoms with van der Waals surface area (Å²) < 4.78 is 10.1. The molecule has 1 aliphatic heterocycles. The van der Waals surface area contributed by atoms with Gasteiger partial charge in [-0.15, -0.1) is 0 Å². The van der Waals surface area contributed by atoms with Gasteiger partial charge in [0.2, 0.25) is 0 Å². The number of nitrogens with one attached hydrogen (secondary N) is 1. The van der Waals surface area contributed by atoms with E-state index >= 15 is 0 Å². The van der Waals surface area contributed by atoms with Crippen molar-refractivity contribution in [3.63, 3.8) is 0 Å². The van der Waals surface area contributed by atoms with Gasteiger partial charge >= 0.3 is 0 Å². The highest BCUT2D eigenvalue weighted by Gasteiger charge is 2.14. The third-order valence-corrected chi connectivity index (χ3v) is 1.46. The van der Waals surface area contributed by atoms with Crippen LogP contribution in [0.3, 0.4) is 0 Å². The molecule has 0 bridgehead atoms. The zero-order valence-electron chi connectivity index (χ0n) is 5.80. The number of rotatable bonds is 1. The van der Waals surface area contributed by atoms with E-state index in [0.29, 0.717) is 0 Å². The molecule has 10 heavy (non-hydrogen) atoms. The van der Waals surface area contributed by atoms with E-state index in [1.54, 1.807) is 0 Å². The van der Waals surface area contributed by atoms with Gasteiger partial charge in [-0.3, -0.25) is 5.41 Å².